The van der Waals surface area contributed by atoms with Crippen LogP contribution in [0.2, 0.25) is 0 Å². The molecule has 0 saturated carbocycles. The predicted molar refractivity (Wildman–Crippen MR) is 44.8 cm³/mol. The van der Waals surface area contributed by atoms with Crippen LogP contribution in [-0.4, -0.2) is 38.7 Å². The minimum atomic E-state index is -4.59. The lowest BCUT2D eigenvalue weighted by Gasteiger charge is -2.14. The Balaban J connectivity index is 2.31. The van der Waals surface area contributed by atoms with Gasteiger partial charge in [0.05, 0.1) is 6.54 Å². The summed E-state index contributed by atoms with van der Waals surface area (Å²) in [6.07, 6.45) is -5.50. The van der Waals surface area contributed by atoms with Gasteiger partial charge in [0.25, 0.3) is 0 Å². The zero-order valence-electron chi connectivity index (χ0n) is 7.99. The van der Waals surface area contributed by atoms with Gasteiger partial charge < -0.3 is 15.0 Å². The van der Waals surface area contributed by atoms with Gasteiger partial charge >= 0.3 is 6.18 Å². The first-order valence-corrected chi connectivity index (χ1v) is 4.19. The highest BCUT2D eigenvalue weighted by molar-refractivity contribution is 4.83. The Bertz CT molecular complexity index is 311. The highest BCUT2D eigenvalue weighted by Crippen LogP contribution is 2.19. The van der Waals surface area contributed by atoms with Gasteiger partial charge in [0.15, 0.2) is 6.10 Å². The third-order valence-electron chi connectivity index (χ3n) is 1.80. The molecule has 0 spiro atoms. The molecule has 1 atom stereocenters. The van der Waals surface area contributed by atoms with Crippen LogP contribution in [0.25, 0.3) is 0 Å². The van der Waals surface area contributed by atoms with Gasteiger partial charge in [-0.2, -0.15) is 13.2 Å². The number of aromatic nitrogens is 3. The zero-order chi connectivity index (χ0) is 11.5. The van der Waals surface area contributed by atoms with Crippen molar-refractivity contribution in [1.82, 2.24) is 20.1 Å². The van der Waals surface area contributed by atoms with E-state index in [0.29, 0.717) is 5.82 Å². The fourth-order valence-corrected chi connectivity index (χ4v) is 0.904. The second kappa shape index (κ2) is 4.58. The first-order chi connectivity index (χ1) is 6.91. The SMILES string of the molecule is Cn1cnnc1CNCC(O)C(F)(F)F. The fraction of sp³-hybridized carbons (Fsp3) is 0.714. The summed E-state index contributed by atoms with van der Waals surface area (Å²) in [5.74, 6) is 0.504. The highest BCUT2D eigenvalue weighted by Gasteiger charge is 2.37. The van der Waals surface area contributed by atoms with Crippen molar-refractivity contribution in [1.29, 1.82) is 0 Å². The van der Waals surface area contributed by atoms with E-state index in [2.05, 4.69) is 15.5 Å². The van der Waals surface area contributed by atoms with Crippen molar-refractivity contribution in [2.45, 2.75) is 18.8 Å². The third kappa shape index (κ3) is 3.48. The number of aryl methyl sites for hydroxylation is 1. The average Bonchev–Trinajstić information content (AvgIpc) is 2.50. The molecule has 1 aromatic heterocycles. The molecule has 0 fully saturated rings. The normalized spacial score (nSPS) is 14.2. The van der Waals surface area contributed by atoms with Crippen LogP contribution in [0.15, 0.2) is 6.33 Å². The van der Waals surface area contributed by atoms with E-state index < -0.39 is 18.8 Å². The van der Waals surface area contributed by atoms with Crippen molar-refractivity contribution in [3.8, 4) is 0 Å². The zero-order valence-corrected chi connectivity index (χ0v) is 7.99. The third-order valence-corrected chi connectivity index (χ3v) is 1.80. The van der Waals surface area contributed by atoms with Crippen LogP contribution in [0.1, 0.15) is 5.82 Å². The quantitative estimate of drug-likeness (QED) is 0.745. The molecule has 1 unspecified atom stereocenters. The van der Waals surface area contributed by atoms with E-state index in [9.17, 15) is 13.2 Å². The molecule has 1 rings (SSSR count). The molecule has 1 heterocycles. The summed E-state index contributed by atoms with van der Waals surface area (Å²) in [4.78, 5) is 0. The molecule has 0 bridgehead atoms. The largest absolute Gasteiger partial charge is 0.415 e. The molecule has 0 aliphatic carbocycles. The maximum atomic E-state index is 11.9. The second-order valence-electron chi connectivity index (χ2n) is 3.05. The van der Waals surface area contributed by atoms with E-state index in [0.717, 1.165) is 0 Å². The van der Waals surface area contributed by atoms with Crippen molar-refractivity contribution < 1.29 is 18.3 Å². The van der Waals surface area contributed by atoms with Crippen LogP contribution in [0, 0.1) is 0 Å². The van der Waals surface area contributed by atoms with E-state index in [1.165, 1.54) is 6.33 Å². The Labute approximate surface area is 83.9 Å². The number of rotatable bonds is 4. The molecular weight excluding hydrogens is 213 g/mol. The molecule has 0 aliphatic heterocycles. The van der Waals surface area contributed by atoms with Crippen LogP contribution < -0.4 is 5.32 Å². The molecule has 8 heteroatoms. The lowest BCUT2D eigenvalue weighted by Crippen LogP contribution is -2.38. The Morgan fingerprint density at radius 1 is 1.60 bits per heavy atom. The number of alkyl halides is 3. The summed E-state index contributed by atoms with van der Waals surface area (Å²) in [6.45, 7) is -0.431. The number of halogens is 3. The Morgan fingerprint density at radius 2 is 2.27 bits per heavy atom. The summed E-state index contributed by atoms with van der Waals surface area (Å²) in [5.41, 5.74) is 0. The lowest BCUT2D eigenvalue weighted by molar-refractivity contribution is -0.201. The van der Waals surface area contributed by atoms with Crippen LogP contribution in [0.5, 0.6) is 0 Å². The monoisotopic (exact) mass is 224 g/mol. The number of nitrogens with zero attached hydrogens (tertiary/aromatic N) is 3. The Morgan fingerprint density at radius 3 is 2.73 bits per heavy atom. The molecule has 0 amide bonds. The van der Waals surface area contributed by atoms with Gasteiger partial charge in [0.1, 0.15) is 12.2 Å². The minimum absolute atomic E-state index is 0.129. The molecule has 15 heavy (non-hydrogen) atoms. The van der Waals surface area contributed by atoms with E-state index in [1.54, 1.807) is 11.6 Å². The summed E-state index contributed by atoms with van der Waals surface area (Å²) in [6, 6.07) is 0. The van der Waals surface area contributed by atoms with Gasteiger partial charge in [-0.05, 0) is 0 Å². The van der Waals surface area contributed by atoms with Gasteiger partial charge in [-0.1, -0.05) is 0 Å². The molecule has 0 saturated heterocycles. The van der Waals surface area contributed by atoms with Crippen molar-refractivity contribution >= 4 is 0 Å². The lowest BCUT2D eigenvalue weighted by atomic mass is 10.3. The fourth-order valence-electron chi connectivity index (χ4n) is 0.904. The highest BCUT2D eigenvalue weighted by atomic mass is 19.4. The molecular formula is C7H11F3N4O. The minimum Gasteiger partial charge on any atom is -0.382 e. The van der Waals surface area contributed by atoms with Crippen LogP contribution in [0.3, 0.4) is 0 Å². The predicted octanol–water partition coefficient (Wildman–Crippen LogP) is -0.172. The van der Waals surface area contributed by atoms with Gasteiger partial charge in [0, 0.05) is 13.6 Å². The maximum absolute atomic E-state index is 11.9. The first-order valence-electron chi connectivity index (χ1n) is 4.19. The van der Waals surface area contributed by atoms with E-state index in [4.69, 9.17) is 5.11 Å². The molecule has 0 radical (unpaired) electrons. The summed E-state index contributed by atoms with van der Waals surface area (Å²) < 4.78 is 37.2. The first kappa shape index (κ1) is 11.9. The van der Waals surface area contributed by atoms with Crippen molar-refractivity contribution in [2.75, 3.05) is 6.54 Å². The standard InChI is InChI=1S/C7H11F3N4O/c1-14-4-12-13-6(14)3-11-2-5(15)7(8,9)10/h4-5,11,15H,2-3H2,1H3. The van der Waals surface area contributed by atoms with E-state index >= 15 is 0 Å². The van der Waals surface area contributed by atoms with Crippen LogP contribution in [-0.2, 0) is 13.6 Å². The number of nitrogens with one attached hydrogen (secondary N) is 1. The maximum Gasteiger partial charge on any atom is 0.415 e. The Hall–Kier alpha value is -1.15. The number of aliphatic hydroxyl groups is 1. The molecule has 0 aromatic carbocycles. The molecule has 2 N–H and O–H groups in total. The summed E-state index contributed by atoms with van der Waals surface area (Å²) in [5, 5.41) is 18.3. The number of aliphatic hydroxyl groups excluding tert-OH is 1. The van der Waals surface area contributed by atoms with Gasteiger partial charge in [-0.25, -0.2) is 0 Å². The van der Waals surface area contributed by atoms with Crippen LogP contribution in [0.4, 0.5) is 13.2 Å². The molecule has 5 nitrogen and oxygen atoms in total. The Kier molecular flexibility index (Phi) is 3.64. The molecule has 0 aliphatic rings. The van der Waals surface area contributed by atoms with Crippen molar-refractivity contribution in [3.05, 3.63) is 12.2 Å². The van der Waals surface area contributed by atoms with Crippen molar-refractivity contribution in [2.24, 2.45) is 7.05 Å². The summed E-state index contributed by atoms with van der Waals surface area (Å²) >= 11 is 0. The topological polar surface area (TPSA) is 63.0 Å². The average molecular weight is 224 g/mol. The van der Waals surface area contributed by atoms with Crippen molar-refractivity contribution in [3.63, 3.8) is 0 Å². The summed E-state index contributed by atoms with van der Waals surface area (Å²) in [7, 11) is 1.68. The van der Waals surface area contributed by atoms with Gasteiger partial charge in [0.2, 0.25) is 0 Å². The second-order valence-corrected chi connectivity index (χ2v) is 3.05. The van der Waals surface area contributed by atoms with E-state index in [1.807, 2.05) is 0 Å². The number of hydrogen-bond acceptors (Lipinski definition) is 4. The van der Waals surface area contributed by atoms with Gasteiger partial charge in [-0.15, -0.1) is 10.2 Å². The molecule has 1 aromatic rings. The van der Waals surface area contributed by atoms with Gasteiger partial charge in [-0.3, -0.25) is 0 Å². The van der Waals surface area contributed by atoms with E-state index in [-0.39, 0.29) is 6.54 Å². The van der Waals surface area contributed by atoms with Crippen LogP contribution >= 0.6 is 0 Å². The molecule has 86 valence electrons. The smallest absolute Gasteiger partial charge is 0.382 e. The number of hydrogen-bond donors (Lipinski definition) is 2.